The number of anilines is 3. The summed E-state index contributed by atoms with van der Waals surface area (Å²) in [7, 11) is 1.54. The summed E-state index contributed by atoms with van der Waals surface area (Å²) in [6.45, 7) is 2.67. The topological polar surface area (TPSA) is 93.9 Å². The number of nitrogens with one attached hydrogen (secondary N) is 1. The van der Waals surface area contributed by atoms with Gasteiger partial charge in [0.2, 0.25) is 11.8 Å². The molecule has 2 amide bonds. The monoisotopic (exact) mass is 369 g/mol. The number of carbonyl (C=O) groups excluding carboxylic acids is 2. The first-order valence-corrected chi connectivity index (χ1v) is 8.80. The number of para-hydroxylation sites is 2. The van der Waals surface area contributed by atoms with E-state index in [0.29, 0.717) is 41.7 Å². The van der Waals surface area contributed by atoms with E-state index in [9.17, 15) is 9.59 Å². The Morgan fingerprint density at radius 1 is 1.30 bits per heavy atom. The van der Waals surface area contributed by atoms with Gasteiger partial charge in [-0.2, -0.15) is 0 Å². The molecule has 0 aromatic heterocycles. The number of ether oxygens (including phenoxy) is 2. The molecule has 2 aromatic rings. The smallest absolute Gasteiger partial charge is 0.229 e. The molecule has 1 saturated heterocycles. The minimum atomic E-state index is -0.474. The molecule has 0 bridgehead atoms. The molecule has 142 valence electrons. The van der Waals surface area contributed by atoms with Gasteiger partial charge in [-0.3, -0.25) is 9.59 Å². The normalized spacial score (nSPS) is 16.3. The highest BCUT2D eigenvalue weighted by Crippen LogP contribution is 2.34. The largest absolute Gasteiger partial charge is 0.497 e. The first-order valence-electron chi connectivity index (χ1n) is 8.80. The second-order valence-electron chi connectivity index (χ2n) is 6.25. The molecule has 1 heterocycles. The molecule has 3 N–H and O–H groups in total. The second kappa shape index (κ2) is 7.99. The van der Waals surface area contributed by atoms with E-state index in [4.69, 9.17) is 15.2 Å². The summed E-state index contributed by atoms with van der Waals surface area (Å²) < 4.78 is 10.8. The van der Waals surface area contributed by atoms with Crippen molar-refractivity contribution < 1.29 is 19.1 Å². The first kappa shape index (κ1) is 18.6. The van der Waals surface area contributed by atoms with Crippen LogP contribution >= 0.6 is 0 Å². The van der Waals surface area contributed by atoms with Gasteiger partial charge in [-0.1, -0.05) is 12.1 Å². The molecular formula is C20H23N3O4. The molecule has 0 saturated carbocycles. The van der Waals surface area contributed by atoms with E-state index in [2.05, 4.69) is 5.32 Å². The molecule has 0 spiro atoms. The molecule has 2 aromatic carbocycles. The van der Waals surface area contributed by atoms with Crippen LogP contribution in [0.2, 0.25) is 0 Å². The molecule has 1 unspecified atom stereocenters. The van der Waals surface area contributed by atoms with Gasteiger partial charge < -0.3 is 25.4 Å². The Hall–Kier alpha value is -3.22. The number of methoxy groups -OCH3 is 1. The summed E-state index contributed by atoms with van der Waals surface area (Å²) in [4.78, 5) is 26.8. The molecule has 27 heavy (non-hydrogen) atoms. The lowest BCUT2D eigenvalue weighted by Crippen LogP contribution is -2.28. The molecule has 7 heteroatoms. The van der Waals surface area contributed by atoms with Crippen LogP contribution in [0.3, 0.4) is 0 Å². The number of hydrogen-bond donors (Lipinski definition) is 2. The van der Waals surface area contributed by atoms with Gasteiger partial charge in [0.25, 0.3) is 0 Å². The molecular weight excluding hydrogens is 346 g/mol. The number of benzene rings is 2. The number of nitrogens with zero attached hydrogens (tertiary/aromatic N) is 1. The van der Waals surface area contributed by atoms with Crippen molar-refractivity contribution in [2.75, 3.05) is 36.2 Å². The third kappa shape index (κ3) is 3.97. The third-order valence-corrected chi connectivity index (χ3v) is 4.47. The van der Waals surface area contributed by atoms with Gasteiger partial charge in [-0.15, -0.1) is 0 Å². The molecule has 1 fully saturated rings. The average Bonchev–Trinajstić information content (AvgIpc) is 3.06. The van der Waals surface area contributed by atoms with Crippen molar-refractivity contribution in [2.24, 2.45) is 5.92 Å². The van der Waals surface area contributed by atoms with E-state index in [1.165, 1.54) is 0 Å². The lowest BCUT2D eigenvalue weighted by molar-refractivity contribution is -0.122. The fourth-order valence-electron chi connectivity index (χ4n) is 3.08. The Morgan fingerprint density at radius 3 is 2.81 bits per heavy atom. The van der Waals surface area contributed by atoms with Crippen LogP contribution in [0.4, 0.5) is 17.1 Å². The number of rotatable bonds is 6. The Kier molecular flexibility index (Phi) is 5.49. The van der Waals surface area contributed by atoms with Gasteiger partial charge in [-0.05, 0) is 31.2 Å². The maximum Gasteiger partial charge on any atom is 0.229 e. The predicted molar refractivity (Wildman–Crippen MR) is 104 cm³/mol. The summed E-state index contributed by atoms with van der Waals surface area (Å²) in [6.07, 6.45) is 0.135. The average molecular weight is 369 g/mol. The van der Waals surface area contributed by atoms with Gasteiger partial charge in [0.05, 0.1) is 36.7 Å². The fourth-order valence-corrected chi connectivity index (χ4v) is 3.08. The van der Waals surface area contributed by atoms with E-state index < -0.39 is 5.92 Å². The van der Waals surface area contributed by atoms with Crippen LogP contribution < -0.4 is 25.4 Å². The van der Waals surface area contributed by atoms with Gasteiger partial charge in [0.1, 0.15) is 11.5 Å². The molecule has 0 aliphatic carbocycles. The standard InChI is InChI=1S/C20H23N3O4/c1-3-27-18-7-5-4-6-17(18)23-12-13(10-19(23)24)20(25)22-16-11-14(26-2)8-9-15(16)21/h4-9,11,13H,3,10,12,21H2,1-2H3,(H,22,25). The lowest BCUT2D eigenvalue weighted by atomic mass is 10.1. The van der Waals surface area contributed by atoms with Crippen molar-refractivity contribution >= 4 is 28.9 Å². The van der Waals surface area contributed by atoms with Gasteiger partial charge in [-0.25, -0.2) is 0 Å². The highest BCUT2D eigenvalue weighted by molar-refractivity contribution is 6.05. The van der Waals surface area contributed by atoms with Gasteiger partial charge in [0, 0.05) is 19.0 Å². The quantitative estimate of drug-likeness (QED) is 0.764. The van der Waals surface area contributed by atoms with Crippen LogP contribution in [-0.2, 0) is 9.59 Å². The fraction of sp³-hybridized carbons (Fsp3) is 0.300. The minimum absolute atomic E-state index is 0.110. The van der Waals surface area contributed by atoms with Crippen LogP contribution in [0.1, 0.15) is 13.3 Å². The Morgan fingerprint density at radius 2 is 2.07 bits per heavy atom. The number of nitrogen functional groups attached to an aromatic ring is 1. The lowest BCUT2D eigenvalue weighted by Gasteiger charge is -2.20. The van der Waals surface area contributed by atoms with E-state index >= 15 is 0 Å². The van der Waals surface area contributed by atoms with Crippen molar-refractivity contribution in [3.8, 4) is 11.5 Å². The highest BCUT2D eigenvalue weighted by Gasteiger charge is 2.36. The summed E-state index contributed by atoms with van der Waals surface area (Å²) in [5.41, 5.74) is 7.52. The van der Waals surface area contributed by atoms with Crippen molar-refractivity contribution in [1.29, 1.82) is 0 Å². The SMILES string of the molecule is CCOc1ccccc1N1CC(C(=O)Nc2cc(OC)ccc2N)CC1=O. The predicted octanol–water partition coefficient (Wildman–Crippen LogP) is 2.67. The molecule has 1 atom stereocenters. The van der Waals surface area contributed by atoms with Crippen LogP contribution in [-0.4, -0.2) is 32.1 Å². The van der Waals surface area contributed by atoms with E-state index in [1.54, 1.807) is 30.2 Å². The highest BCUT2D eigenvalue weighted by atomic mass is 16.5. The molecule has 7 nitrogen and oxygen atoms in total. The van der Waals surface area contributed by atoms with Crippen LogP contribution in [0.25, 0.3) is 0 Å². The Bertz CT molecular complexity index is 853. The van der Waals surface area contributed by atoms with Crippen molar-refractivity contribution in [3.05, 3.63) is 42.5 Å². The molecule has 1 aliphatic heterocycles. The van der Waals surface area contributed by atoms with Crippen molar-refractivity contribution in [1.82, 2.24) is 0 Å². The Labute approximate surface area is 158 Å². The molecule has 0 radical (unpaired) electrons. The molecule has 1 aliphatic rings. The van der Waals surface area contributed by atoms with Crippen LogP contribution in [0.15, 0.2) is 42.5 Å². The van der Waals surface area contributed by atoms with E-state index in [-0.39, 0.29) is 18.2 Å². The zero-order chi connectivity index (χ0) is 19.4. The first-order chi connectivity index (χ1) is 13.0. The van der Waals surface area contributed by atoms with E-state index in [0.717, 1.165) is 0 Å². The van der Waals surface area contributed by atoms with Crippen LogP contribution in [0.5, 0.6) is 11.5 Å². The van der Waals surface area contributed by atoms with Crippen molar-refractivity contribution in [2.45, 2.75) is 13.3 Å². The maximum absolute atomic E-state index is 12.7. The summed E-state index contributed by atoms with van der Waals surface area (Å²) in [5.74, 6) is 0.388. The Balaban J connectivity index is 1.75. The number of hydrogen-bond acceptors (Lipinski definition) is 5. The number of nitrogens with two attached hydrogens (primary N) is 1. The summed E-state index contributed by atoms with van der Waals surface area (Å²) >= 11 is 0. The minimum Gasteiger partial charge on any atom is -0.497 e. The summed E-state index contributed by atoms with van der Waals surface area (Å²) in [5, 5.41) is 2.81. The van der Waals surface area contributed by atoms with Gasteiger partial charge in [0.15, 0.2) is 0 Å². The van der Waals surface area contributed by atoms with Gasteiger partial charge >= 0.3 is 0 Å². The van der Waals surface area contributed by atoms with E-state index in [1.807, 2.05) is 31.2 Å². The van der Waals surface area contributed by atoms with Crippen LogP contribution in [0, 0.1) is 5.92 Å². The molecule has 3 rings (SSSR count). The third-order valence-electron chi connectivity index (χ3n) is 4.47. The number of carbonyl (C=O) groups is 2. The van der Waals surface area contributed by atoms with Crippen molar-refractivity contribution in [3.63, 3.8) is 0 Å². The second-order valence-corrected chi connectivity index (χ2v) is 6.25. The summed E-state index contributed by atoms with van der Waals surface area (Å²) in [6, 6.07) is 12.4. The number of amides is 2. The zero-order valence-electron chi connectivity index (χ0n) is 15.4. The maximum atomic E-state index is 12.7. The zero-order valence-corrected chi connectivity index (χ0v) is 15.4.